The Balaban J connectivity index is 0.00000140. The summed E-state index contributed by atoms with van der Waals surface area (Å²) in [7, 11) is 0. The summed E-state index contributed by atoms with van der Waals surface area (Å²) in [6, 6.07) is 4.07. The van der Waals surface area contributed by atoms with Crippen molar-refractivity contribution in [1.82, 2.24) is 20.1 Å². The number of hydrogen-bond acceptors (Lipinski definition) is 5. The highest BCUT2D eigenvalue weighted by Crippen LogP contribution is 2.27. The Hall–Kier alpha value is -1.74. The molecule has 4 rings (SSSR count). The number of fused-ring (bicyclic) bond motifs is 1. The third kappa shape index (κ3) is 4.63. The maximum Gasteiger partial charge on any atom is 0.241 e. The van der Waals surface area contributed by atoms with E-state index in [2.05, 4.69) is 25.4 Å². The number of aliphatic hydroxyl groups excluding tert-OH is 1. The highest BCUT2D eigenvalue weighted by Gasteiger charge is 2.28. The SMILES string of the molecule is Cl.Cl.O=C(Nc1cc(-c2nnc3n2CCCCC3)ccc1F)C1CC(O)CN1. The third-order valence-electron chi connectivity index (χ3n) is 5.02. The molecule has 10 heteroatoms. The minimum atomic E-state index is -0.548. The third-order valence-corrected chi connectivity index (χ3v) is 5.02. The van der Waals surface area contributed by atoms with E-state index in [0.717, 1.165) is 43.6 Å². The highest BCUT2D eigenvalue weighted by molar-refractivity contribution is 5.95. The van der Waals surface area contributed by atoms with Crippen molar-refractivity contribution in [2.24, 2.45) is 0 Å². The largest absolute Gasteiger partial charge is 0.392 e. The number of aromatic nitrogens is 3. The lowest BCUT2D eigenvalue weighted by atomic mass is 10.1. The summed E-state index contributed by atoms with van der Waals surface area (Å²) < 4.78 is 16.3. The van der Waals surface area contributed by atoms with Gasteiger partial charge in [0.05, 0.1) is 17.8 Å². The predicted molar refractivity (Wildman–Crippen MR) is 109 cm³/mol. The summed E-state index contributed by atoms with van der Waals surface area (Å²) in [5.41, 5.74) is 0.837. The minimum Gasteiger partial charge on any atom is -0.392 e. The number of aryl methyl sites for hydroxylation is 1. The lowest BCUT2D eigenvalue weighted by Crippen LogP contribution is -2.35. The number of amides is 1. The molecule has 0 bridgehead atoms. The molecule has 2 aromatic rings. The zero-order valence-electron chi connectivity index (χ0n) is 15.2. The smallest absolute Gasteiger partial charge is 0.241 e. The second kappa shape index (κ2) is 9.65. The molecule has 2 unspecified atom stereocenters. The Kier molecular flexibility index (Phi) is 7.77. The lowest BCUT2D eigenvalue weighted by molar-refractivity contribution is -0.118. The van der Waals surface area contributed by atoms with E-state index >= 15 is 0 Å². The fourth-order valence-corrected chi connectivity index (χ4v) is 3.60. The Morgan fingerprint density at radius 2 is 2.07 bits per heavy atom. The van der Waals surface area contributed by atoms with Crippen LogP contribution < -0.4 is 10.6 Å². The standard InChI is InChI=1S/C18H22FN5O2.2ClH/c19-13-6-5-11(17-23-22-16-4-2-1-3-7-24(16)17)8-14(13)21-18(26)15-9-12(25)10-20-15;;/h5-6,8,12,15,20,25H,1-4,7,9-10H2,(H,21,26);2*1H. The van der Waals surface area contributed by atoms with E-state index in [1.54, 1.807) is 12.1 Å². The molecule has 0 aliphatic carbocycles. The molecule has 2 aliphatic heterocycles. The fraction of sp³-hybridized carbons (Fsp3) is 0.500. The summed E-state index contributed by atoms with van der Waals surface area (Å²) in [4.78, 5) is 12.3. The summed E-state index contributed by atoms with van der Waals surface area (Å²) >= 11 is 0. The Morgan fingerprint density at radius 3 is 2.82 bits per heavy atom. The highest BCUT2D eigenvalue weighted by atomic mass is 35.5. The summed E-state index contributed by atoms with van der Waals surface area (Å²) in [5.74, 6) is 0.803. The summed E-state index contributed by atoms with van der Waals surface area (Å²) in [6.45, 7) is 1.22. The molecule has 0 radical (unpaired) electrons. The van der Waals surface area contributed by atoms with Crippen LogP contribution in [-0.2, 0) is 17.8 Å². The van der Waals surface area contributed by atoms with E-state index in [9.17, 15) is 14.3 Å². The van der Waals surface area contributed by atoms with Crippen LogP contribution in [0.25, 0.3) is 11.4 Å². The summed E-state index contributed by atoms with van der Waals surface area (Å²) in [5, 5.41) is 23.6. The molecule has 1 amide bonds. The van der Waals surface area contributed by atoms with Crippen molar-refractivity contribution in [1.29, 1.82) is 0 Å². The number of β-amino-alcohol motifs (C(OH)–C–C–N with tert-alkyl or cyclic N) is 1. The van der Waals surface area contributed by atoms with Crippen LogP contribution in [0, 0.1) is 5.82 Å². The number of nitrogens with zero attached hydrogens (tertiary/aromatic N) is 3. The number of rotatable bonds is 3. The quantitative estimate of drug-likeness (QED) is 0.693. The number of anilines is 1. The van der Waals surface area contributed by atoms with Crippen molar-refractivity contribution in [2.45, 2.75) is 50.8 Å². The molecule has 1 aromatic heterocycles. The molecule has 3 N–H and O–H groups in total. The Labute approximate surface area is 174 Å². The molecule has 1 fully saturated rings. The van der Waals surface area contributed by atoms with Gasteiger partial charge in [0.1, 0.15) is 11.6 Å². The maximum atomic E-state index is 14.2. The zero-order valence-corrected chi connectivity index (χ0v) is 16.9. The molecule has 0 saturated carbocycles. The molecule has 1 saturated heterocycles. The first-order valence-electron chi connectivity index (χ1n) is 9.06. The summed E-state index contributed by atoms with van der Waals surface area (Å²) in [6.07, 6.45) is 4.00. The Morgan fingerprint density at radius 1 is 1.25 bits per heavy atom. The molecule has 3 heterocycles. The number of carbonyl (C=O) groups excluding carboxylic acids is 1. The van der Waals surface area contributed by atoms with Crippen LogP contribution in [0.3, 0.4) is 0 Å². The van der Waals surface area contributed by atoms with Gasteiger partial charge >= 0.3 is 0 Å². The van der Waals surface area contributed by atoms with Gasteiger partial charge in [0.25, 0.3) is 0 Å². The minimum absolute atomic E-state index is 0. The van der Waals surface area contributed by atoms with E-state index < -0.39 is 18.0 Å². The van der Waals surface area contributed by atoms with Crippen molar-refractivity contribution in [2.75, 3.05) is 11.9 Å². The second-order valence-electron chi connectivity index (χ2n) is 6.94. The molecule has 2 aliphatic rings. The van der Waals surface area contributed by atoms with Crippen molar-refractivity contribution < 1.29 is 14.3 Å². The number of benzene rings is 1. The lowest BCUT2D eigenvalue weighted by Gasteiger charge is -2.13. The van der Waals surface area contributed by atoms with Crippen LogP contribution in [0.2, 0.25) is 0 Å². The zero-order chi connectivity index (χ0) is 18.1. The first kappa shape index (κ1) is 22.5. The maximum absolute atomic E-state index is 14.2. The molecule has 1 aromatic carbocycles. The van der Waals surface area contributed by atoms with Crippen molar-refractivity contribution in [3.8, 4) is 11.4 Å². The monoisotopic (exact) mass is 431 g/mol. The van der Waals surface area contributed by atoms with Gasteiger partial charge < -0.3 is 20.3 Å². The first-order valence-corrected chi connectivity index (χ1v) is 9.06. The van der Waals surface area contributed by atoms with Gasteiger partial charge in [0.2, 0.25) is 5.91 Å². The van der Waals surface area contributed by atoms with E-state index in [1.165, 1.54) is 6.07 Å². The molecule has 154 valence electrons. The van der Waals surface area contributed by atoms with Crippen LogP contribution in [0.15, 0.2) is 18.2 Å². The average Bonchev–Trinajstić information content (AvgIpc) is 3.17. The van der Waals surface area contributed by atoms with Crippen molar-refractivity contribution in [3.05, 3.63) is 29.8 Å². The second-order valence-corrected chi connectivity index (χ2v) is 6.94. The topological polar surface area (TPSA) is 92.1 Å². The molecular weight excluding hydrogens is 408 g/mol. The number of halogens is 3. The van der Waals surface area contributed by atoms with Crippen LogP contribution >= 0.6 is 24.8 Å². The van der Waals surface area contributed by atoms with Crippen LogP contribution in [-0.4, -0.2) is 44.5 Å². The van der Waals surface area contributed by atoms with E-state index in [-0.39, 0.29) is 36.4 Å². The van der Waals surface area contributed by atoms with Gasteiger partial charge in [0, 0.05) is 25.1 Å². The van der Waals surface area contributed by atoms with Crippen LogP contribution in [0.1, 0.15) is 31.5 Å². The fourth-order valence-electron chi connectivity index (χ4n) is 3.60. The average molecular weight is 432 g/mol. The normalized spacial score (nSPS) is 21.1. The van der Waals surface area contributed by atoms with Gasteiger partial charge in [-0.15, -0.1) is 35.0 Å². The van der Waals surface area contributed by atoms with Gasteiger partial charge in [-0.1, -0.05) is 6.42 Å². The molecular formula is C18H24Cl2FN5O2. The van der Waals surface area contributed by atoms with E-state index in [4.69, 9.17) is 0 Å². The Bertz CT molecular complexity index is 832. The molecule has 7 nitrogen and oxygen atoms in total. The van der Waals surface area contributed by atoms with Gasteiger partial charge in [0.15, 0.2) is 5.82 Å². The van der Waals surface area contributed by atoms with Crippen LogP contribution in [0.4, 0.5) is 10.1 Å². The van der Waals surface area contributed by atoms with Gasteiger partial charge in [-0.2, -0.15) is 0 Å². The predicted octanol–water partition coefficient (Wildman–Crippen LogP) is 2.32. The van der Waals surface area contributed by atoms with Gasteiger partial charge in [-0.05, 0) is 37.5 Å². The number of aliphatic hydroxyl groups is 1. The number of carbonyl (C=O) groups is 1. The molecule has 28 heavy (non-hydrogen) atoms. The molecule has 0 spiro atoms. The number of hydrogen-bond donors (Lipinski definition) is 3. The van der Waals surface area contributed by atoms with E-state index in [1.807, 2.05) is 0 Å². The van der Waals surface area contributed by atoms with Crippen molar-refractivity contribution in [3.63, 3.8) is 0 Å². The molecule has 2 atom stereocenters. The van der Waals surface area contributed by atoms with Crippen molar-refractivity contribution >= 4 is 36.4 Å². The van der Waals surface area contributed by atoms with Gasteiger partial charge in [-0.25, -0.2) is 4.39 Å². The van der Waals surface area contributed by atoms with Gasteiger partial charge in [-0.3, -0.25) is 4.79 Å². The number of nitrogens with one attached hydrogen (secondary N) is 2. The first-order chi connectivity index (χ1) is 12.6. The van der Waals surface area contributed by atoms with Crippen LogP contribution in [0.5, 0.6) is 0 Å². The van der Waals surface area contributed by atoms with E-state index in [0.29, 0.717) is 18.8 Å².